The van der Waals surface area contributed by atoms with E-state index < -0.39 is 9.85 Å². The lowest BCUT2D eigenvalue weighted by molar-refractivity contribution is -0.402. The van der Waals surface area contributed by atoms with Gasteiger partial charge in [-0.25, -0.2) is 4.68 Å². The van der Waals surface area contributed by atoms with Gasteiger partial charge in [-0.15, -0.1) is 11.3 Å². The van der Waals surface area contributed by atoms with Crippen molar-refractivity contribution in [2.45, 2.75) is 6.92 Å². The second-order valence-corrected chi connectivity index (χ2v) is 6.81. The van der Waals surface area contributed by atoms with Gasteiger partial charge in [-0.05, 0) is 25.1 Å². The van der Waals surface area contributed by atoms with Crippen LogP contribution in [0.15, 0.2) is 68.4 Å². The normalized spacial score (nSPS) is 11.8. The van der Waals surface area contributed by atoms with Gasteiger partial charge >= 0.3 is 5.88 Å². The summed E-state index contributed by atoms with van der Waals surface area (Å²) >= 11 is 1.34. The number of nitro groups is 2. The maximum absolute atomic E-state index is 10.9. The van der Waals surface area contributed by atoms with Gasteiger partial charge in [-0.2, -0.15) is 5.10 Å². The zero-order valence-electron chi connectivity index (χ0n) is 15.2. The summed E-state index contributed by atoms with van der Waals surface area (Å²) in [5, 5.41) is 27.8. The van der Waals surface area contributed by atoms with Crippen LogP contribution in [0.2, 0.25) is 0 Å². The molecule has 0 aliphatic carbocycles. The molecule has 0 amide bonds. The Labute approximate surface area is 168 Å². The number of thiazole rings is 1. The third kappa shape index (κ3) is 4.71. The monoisotopic (exact) mass is 413 g/mol. The molecule has 0 aliphatic heterocycles. The van der Waals surface area contributed by atoms with E-state index >= 15 is 0 Å². The first-order valence-electron chi connectivity index (χ1n) is 8.24. The van der Waals surface area contributed by atoms with Crippen molar-refractivity contribution in [1.82, 2.24) is 4.68 Å². The lowest BCUT2D eigenvalue weighted by Gasteiger charge is -2.03. The van der Waals surface area contributed by atoms with Crippen molar-refractivity contribution in [3.63, 3.8) is 0 Å². The van der Waals surface area contributed by atoms with Crippen LogP contribution in [0.1, 0.15) is 12.7 Å². The van der Waals surface area contributed by atoms with Crippen LogP contribution in [0.4, 0.5) is 11.6 Å². The van der Waals surface area contributed by atoms with Crippen LogP contribution in [-0.4, -0.2) is 27.3 Å². The van der Waals surface area contributed by atoms with E-state index in [4.69, 9.17) is 4.42 Å². The van der Waals surface area contributed by atoms with Crippen LogP contribution < -0.4 is 4.80 Å². The summed E-state index contributed by atoms with van der Waals surface area (Å²) in [4.78, 5) is 25.6. The number of benzene rings is 1. The molecule has 0 fully saturated rings. The van der Waals surface area contributed by atoms with Gasteiger partial charge in [-0.1, -0.05) is 12.2 Å². The molecule has 148 valence electrons. The van der Waals surface area contributed by atoms with Gasteiger partial charge in [0, 0.05) is 23.1 Å². The maximum atomic E-state index is 10.9. The number of nitro benzene ring substituents is 1. The first-order chi connectivity index (χ1) is 13.8. The summed E-state index contributed by atoms with van der Waals surface area (Å²) in [7, 11) is 0. The second kappa shape index (κ2) is 8.44. The molecule has 3 rings (SSSR count). The number of aromatic nitrogens is 1. The van der Waals surface area contributed by atoms with Crippen molar-refractivity contribution >= 4 is 29.1 Å². The molecule has 0 saturated heterocycles. The van der Waals surface area contributed by atoms with E-state index in [1.54, 1.807) is 16.8 Å². The van der Waals surface area contributed by atoms with Crippen molar-refractivity contribution < 1.29 is 14.3 Å². The van der Waals surface area contributed by atoms with Crippen molar-refractivity contribution in [3.8, 4) is 11.3 Å². The fourth-order valence-electron chi connectivity index (χ4n) is 2.30. The first kappa shape index (κ1) is 19.9. The molecule has 2 heterocycles. The maximum Gasteiger partial charge on any atom is 0.433 e. The zero-order valence-corrected chi connectivity index (χ0v) is 16.0. The van der Waals surface area contributed by atoms with Crippen molar-refractivity contribution in [1.29, 1.82) is 0 Å². The summed E-state index contributed by atoms with van der Waals surface area (Å²) < 4.78 is 6.64. The predicted octanol–water partition coefficient (Wildman–Crippen LogP) is 3.99. The van der Waals surface area contributed by atoms with Crippen molar-refractivity contribution in [2.24, 2.45) is 10.1 Å². The van der Waals surface area contributed by atoms with E-state index in [9.17, 15) is 20.2 Å². The van der Waals surface area contributed by atoms with Crippen LogP contribution in [0.3, 0.4) is 0 Å². The van der Waals surface area contributed by atoms with Gasteiger partial charge in [0.25, 0.3) is 5.69 Å². The van der Waals surface area contributed by atoms with Crippen molar-refractivity contribution in [3.05, 3.63) is 84.7 Å². The highest BCUT2D eigenvalue weighted by molar-refractivity contribution is 7.07. The lowest BCUT2D eigenvalue weighted by atomic mass is 10.1. The van der Waals surface area contributed by atoms with Crippen molar-refractivity contribution in [2.75, 3.05) is 6.54 Å². The number of hydrogen-bond acceptors (Lipinski definition) is 8. The topological polar surface area (TPSA) is 129 Å². The fourth-order valence-corrected chi connectivity index (χ4v) is 3.14. The van der Waals surface area contributed by atoms with Gasteiger partial charge in [0.05, 0.1) is 29.4 Å². The molecule has 10 nitrogen and oxygen atoms in total. The third-order valence-corrected chi connectivity index (χ3v) is 4.49. The summed E-state index contributed by atoms with van der Waals surface area (Å²) in [6.45, 7) is 6.08. The number of hydrogen-bond donors (Lipinski definition) is 0. The van der Waals surface area contributed by atoms with Gasteiger partial charge < -0.3 is 4.42 Å². The molecule has 0 radical (unpaired) electrons. The molecule has 0 saturated carbocycles. The minimum absolute atomic E-state index is 0.0193. The summed E-state index contributed by atoms with van der Waals surface area (Å²) in [5.74, 6) is -0.180. The Hall–Kier alpha value is -3.86. The molecular formula is C18H15N5O5S. The van der Waals surface area contributed by atoms with Crippen LogP contribution in [0.25, 0.3) is 11.3 Å². The first-order valence-corrected chi connectivity index (χ1v) is 9.12. The summed E-state index contributed by atoms with van der Waals surface area (Å²) in [5.41, 5.74) is 2.20. The second-order valence-electron chi connectivity index (χ2n) is 5.97. The zero-order chi connectivity index (χ0) is 21.0. The molecule has 3 aromatic rings. The third-order valence-electron chi connectivity index (χ3n) is 3.64. The smallest absolute Gasteiger partial charge is 0.400 e. The van der Waals surface area contributed by atoms with Gasteiger partial charge in [0.15, 0.2) is 5.76 Å². The highest BCUT2D eigenvalue weighted by Crippen LogP contribution is 2.23. The average Bonchev–Trinajstić information content (AvgIpc) is 3.31. The molecule has 2 aromatic heterocycles. The van der Waals surface area contributed by atoms with E-state index in [1.165, 1.54) is 41.8 Å². The Bertz CT molecular complexity index is 1170. The largest absolute Gasteiger partial charge is 0.433 e. The molecule has 0 spiro atoms. The minimum Gasteiger partial charge on any atom is -0.400 e. The number of non-ortho nitro benzene ring substituents is 1. The van der Waals surface area contributed by atoms with E-state index in [2.05, 4.69) is 16.7 Å². The van der Waals surface area contributed by atoms with Crippen LogP contribution in [-0.2, 0) is 0 Å². The molecule has 0 bridgehead atoms. The van der Waals surface area contributed by atoms with E-state index in [0.29, 0.717) is 22.6 Å². The van der Waals surface area contributed by atoms with Gasteiger partial charge in [-0.3, -0.25) is 25.2 Å². The van der Waals surface area contributed by atoms with Gasteiger partial charge in [0.1, 0.15) is 4.92 Å². The van der Waals surface area contributed by atoms with E-state index in [1.807, 2.05) is 12.3 Å². The van der Waals surface area contributed by atoms with Gasteiger partial charge in [0.2, 0.25) is 4.80 Å². The fraction of sp³-hybridized carbons (Fsp3) is 0.111. The molecule has 0 unspecified atom stereocenters. The molecule has 0 aliphatic rings. The highest BCUT2D eigenvalue weighted by atomic mass is 32.1. The standard InChI is InChI=1S/C18H15N5O5S/c1-12(2)9-19-18-21(20-10-15-7-8-17(28-15)23(26)27)16(11-29-18)13-3-5-14(6-4-13)22(24)25/h3-8,10-11H,1,9H2,2H3. The molecular weight excluding hydrogens is 398 g/mol. The molecule has 11 heteroatoms. The summed E-state index contributed by atoms with van der Waals surface area (Å²) in [6.07, 6.45) is 1.34. The van der Waals surface area contributed by atoms with E-state index in [0.717, 1.165) is 5.57 Å². The van der Waals surface area contributed by atoms with Crippen LogP contribution in [0, 0.1) is 20.2 Å². The average molecular weight is 413 g/mol. The predicted molar refractivity (Wildman–Crippen MR) is 108 cm³/mol. The Kier molecular flexibility index (Phi) is 5.79. The Balaban J connectivity index is 2.03. The highest BCUT2D eigenvalue weighted by Gasteiger charge is 2.12. The summed E-state index contributed by atoms with van der Waals surface area (Å²) in [6, 6.07) is 8.72. The molecule has 1 aromatic carbocycles. The number of nitrogens with zero attached hydrogens (tertiary/aromatic N) is 5. The molecule has 0 N–H and O–H groups in total. The quantitative estimate of drug-likeness (QED) is 0.250. The Morgan fingerprint density at radius 2 is 1.93 bits per heavy atom. The Morgan fingerprint density at radius 1 is 1.21 bits per heavy atom. The molecule has 0 atom stereocenters. The number of furan rings is 1. The van der Waals surface area contributed by atoms with Crippen LogP contribution >= 0.6 is 11.3 Å². The minimum atomic E-state index is -0.634. The van der Waals surface area contributed by atoms with E-state index in [-0.39, 0.29) is 17.3 Å². The number of rotatable bonds is 7. The Morgan fingerprint density at radius 3 is 2.52 bits per heavy atom. The lowest BCUT2D eigenvalue weighted by Crippen LogP contribution is -2.13. The SMILES string of the molecule is C=C(C)CN=c1scc(-c2ccc([N+](=O)[O-])cc2)n1N=Cc1ccc([N+](=O)[O-])o1. The molecule has 29 heavy (non-hydrogen) atoms. The van der Waals surface area contributed by atoms with Crippen LogP contribution in [0.5, 0.6) is 0 Å².